The van der Waals surface area contributed by atoms with Crippen LogP contribution in [0.3, 0.4) is 0 Å². The van der Waals surface area contributed by atoms with E-state index in [2.05, 4.69) is 0 Å². The van der Waals surface area contributed by atoms with Gasteiger partial charge in [0.2, 0.25) is 0 Å². The van der Waals surface area contributed by atoms with Crippen molar-refractivity contribution in [2.24, 2.45) is 5.92 Å². The lowest BCUT2D eigenvalue weighted by molar-refractivity contribution is -0.384. The highest BCUT2D eigenvalue weighted by atomic mass is 16.6. The molecule has 1 saturated heterocycles. The highest BCUT2D eigenvalue weighted by molar-refractivity contribution is 5.64. The summed E-state index contributed by atoms with van der Waals surface area (Å²) in [6.45, 7) is 1.50. The third kappa shape index (κ3) is 2.05. The maximum absolute atomic E-state index is 10.6. The third-order valence-electron chi connectivity index (χ3n) is 2.87. The van der Waals surface area contributed by atoms with Crippen molar-refractivity contribution in [3.05, 3.63) is 33.9 Å². The monoisotopic (exact) mass is 233 g/mol. The molecule has 1 fully saturated rings. The fourth-order valence-corrected chi connectivity index (χ4v) is 1.88. The van der Waals surface area contributed by atoms with E-state index in [1.54, 1.807) is 6.07 Å². The minimum absolute atomic E-state index is 0.0791. The van der Waals surface area contributed by atoms with Gasteiger partial charge in [-0.15, -0.1) is 0 Å². The molecule has 6 heteroatoms. The van der Waals surface area contributed by atoms with Crippen molar-refractivity contribution in [3.8, 4) is 6.07 Å². The number of rotatable bonds is 3. The molecule has 1 aromatic carbocycles. The topological polar surface area (TPSA) is 90.4 Å². The molecule has 1 heterocycles. The number of non-ortho nitro benzene ring substituents is 1. The van der Waals surface area contributed by atoms with Crippen molar-refractivity contribution in [1.29, 1.82) is 5.26 Å². The summed E-state index contributed by atoms with van der Waals surface area (Å²) in [4.78, 5) is 12.0. The van der Waals surface area contributed by atoms with E-state index in [0.717, 1.165) is 0 Å². The molecule has 6 nitrogen and oxygen atoms in total. The number of hydrogen-bond acceptors (Lipinski definition) is 5. The molecular formula is C11H11N3O3. The Morgan fingerprint density at radius 1 is 1.59 bits per heavy atom. The van der Waals surface area contributed by atoms with Gasteiger partial charge in [0.15, 0.2) is 0 Å². The summed E-state index contributed by atoms with van der Waals surface area (Å²) in [5, 5.41) is 28.5. The van der Waals surface area contributed by atoms with Crippen LogP contribution in [0, 0.1) is 27.4 Å². The maximum Gasteiger partial charge on any atom is 0.270 e. The molecule has 0 unspecified atom stereocenters. The summed E-state index contributed by atoms with van der Waals surface area (Å²) >= 11 is 0. The summed E-state index contributed by atoms with van der Waals surface area (Å²) in [6, 6.07) is 6.22. The molecule has 17 heavy (non-hydrogen) atoms. The van der Waals surface area contributed by atoms with Gasteiger partial charge in [-0.3, -0.25) is 10.1 Å². The SMILES string of the molecule is N#Cc1cc([N+](=O)[O-])ccc1N1CC(CO)C1. The van der Waals surface area contributed by atoms with E-state index in [4.69, 9.17) is 10.4 Å². The van der Waals surface area contributed by atoms with E-state index in [1.165, 1.54) is 12.1 Å². The van der Waals surface area contributed by atoms with E-state index >= 15 is 0 Å². The lowest BCUT2D eigenvalue weighted by Crippen LogP contribution is -2.48. The van der Waals surface area contributed by atoms with Crippen molar-refractivity contribution in [1.82, 2.24) is 0 Å². The zero-order valence-corrected chi connectivity index (χ0v) is 9.04. The van der Waals surface area contributed by atoms with E-state index in [-0.39, 0.29) is 18.2 Å². The summed E-state index contributed by atoms with van der Waals surface area (Å²) in [5.41, 5.74) is 0.919. The molecule has 0 aromatic heterocycles. The Bertz CT molecular complexity index is 489. The van der Waals surface area contributed by atoms with Gasteiger partial charge in [-0.2, -0.15) is 5.26 Å². The number of anilines is 1. The Balaban J connectivity index is 2.24. The Morgan fingerprint density at radius 3 is 2.82 bits per heavy atom. The lowest BCUT2D eigenvalue weighted by Gasteiger charge is -2.40. The molecule has 2 rings (SSSR count). The number of nitrogens with zero attached hydrogens (tertiary/aromatic N) is 3. The zero-order valence-electron chi connectivity index (χ0n) is 9.04. The number of aliphatic hydroxyl groups is 1. The van der Waals surface area contributed by atoms with Crippen LogP contribution in [0.1, 0.15) is 5.56 Å². The zero-order chi connectivity index (χ0) is 12.4. The molecule has 0 saturated carbocycles. The Labute approximate surface area is 97.8 Å². The van der Waals surface area contributed by atoms with Crippen LogP contribution in [0.4, 0.5) is 11.4 Å². The van der Waals surface area contributed by atoms with Crippen molar-refractivity contribution in [3.63, 3.8) is 0 Å². The molecule has 0 radical (unpaired) electrons. The number of nitriles is 1. The summed E-state index contributed by atoms with van der Waals surface area (Å²) in [7, 11) is 0. The largest absolute Gasteiger partial charge is 0.396 e. The van der Waals surface area contributed by atoms with E-state index in [0.29, 0.717) is 24.3 Å². The minimum atomic E-state index is -0.517. The quantitative estimate of drug-likeness (QED) is 0.618. The normalized spacial score (nSPS) is 15.2. The molecule has 0 amide bonds. The van der Waals surface area contributed by atoms with Gasteiger partial charge in [0.1, 0.15) is 6.07 Å². The Morgan fingerprint density at radius 2 is 2.29 bits per heavy atom. The van der Waals surface area contributed by atoms with Crippen LogP contribution >= 0.6 is 0 Å². The van der Waals surface area contributed by atoms with Gasteiger partial charge >= 0.3 is 0 Å². The number of aliphatic hydroxyl groups excluding tert-OH is 1. The van der Waals surface area contributed by atoms with Crippen molar-refractivity contribution >= 4 is 11.4 Å². The predicted molar refractivity (Wildman–Crippen MR) is 60.6 cm³/mol. The van der Waals surface area contributed by atoms with E-state index in [9.17, 15) is 10.1 Å². The van der Waals surface area contributed by atoms with Crippen LogP contribution in [-0.2, 0) is 0 Å². The molecule has 1 aliphatic rings. The first kappa shape index (κ1) is 11.4. The van der Waals surface area contributed by atoms with Crippen molar-refractivity contribution in [2.75, 3.05) is 24.6 Å². The van der Waals surface area contributed by atoms with Gasteiger partial charge in [-0.05, 0) is 6.07 Å². The van der Waals surface area contributed by atoms with Crippen LogP contribution in [0.5, 0.6) is 0 Å². The fourth-order valence-electron chi connectivity index (χ4n) is 1.88. The van der Waals surface area contributed by atoms with E-state index in [1.807, 2.05) is 11.0 Å². The lowest BCUT2D eigenvalue weighted by atomic mass is 9.99. The van der Waals surface area contributed by atoms with Crippen LogP contribution < -0.4 is 4.90 Å². The average Bonchev–Trinajstić information content (AvgIpc) is 2.27. The second-order valence-corrected chi connectivity index (χ2v) is 4.02. The average molecular weight is 233 g/mol. The van der Waals surface area contributed by atoms with Gasteiger partial charge in [0.05, 0.1) is 16.2 Å². The molecule has 1 aromatic rings. The van der Waals surface area contributed by atoms with Crippen molar-refractivity contribution < 1.29 is 10.0 Å². The van der Waals surface area contributed by atoms with Crippen molar-refractivity contribution in [2.45, 2.75) is 0 Å². The number of nitro benzene ring substituents is 1. The highest BCUT2D eigenvalue weighted by Crippen LogP contribution is 2.30. The second-order valence-electron chi connectivity index (χ2n) is 4.02. The molecule has 88 valence electrons. The first-order valence-electron chi connectivity index (χ1n) is 5.20. The van der Waals surface area contributed by atoms with Crippen LogP contribution in [0.2, 0.25) is 0 Å². The standard InChI is InChI=1S/C11H11N3O3/c12-4-9-3-10(14(16)17)1-2-11(9)13-5-8(6-13)7-15/h1-3,8,15H,5-7H2. The molecule has 0 bridgehead atoms. The third-order valence-corrected chi connectivity index (χ3v) is 2.87. The molecule has 0 aliphatic carbocycles. The Kier molecular flexibility index (Phi) is 2.93. The molecule has 1 N–H and O–H groups in total. The van der Waals surface area contributed by atoms with Gasteiger partial charge in [0.25, 0.3) is 5.69 Å². The molecular weight excluding hydrogens is 222 g/mol. The van der Waals surface area contributed by atoms with Gasteiger partial charge in [-0.1, -0.05) is 0 Å². The molecule has 0 atom stereocenters. The van der Waals surface area contributed by atoms with Gasteiger partial charge in [0, 0.05) is 37.7 Å². The number of benzene rings is 1. The second kappa shape index (κ2) is 4.39. The molecule has 0 spiro atoms. The summed E-state index contributed by atoms with van der Waals surface area (Å²) < 4.78 is 0. The smallest absolute Gasteiger partial charge is 0.270 e. The summed E-state index contributed by atoms with van der Waals surface area (Å²) in [5.74, 6) is 0.233. The summed E-state index contributed by atoms with van der Waals surface area (Å²) in [6.07, 6.45) is 0. The number of nitro groups is 1. The molecule has 1 aliphatic heterocycles. The van der Waals surface area contributed by atoms with Crippen LogP contribution in [-0.4, -0.2) is 29.7 Å². The van der Waals surface area contributed by atoms with Crippen LogP contribution in [0.15, 0.2) is 18.2 Å². The predicted octanol–water partition coefficient (Wildman–Crippen LogP) is 0.895. The van der Waals surface area contributed by atoms with E-state index < -0.39 is 4.92 Å². The number of hydrogen-bond donors (Lipinski definition) is 1. The first-order valence-corrected chi connectivity index (χ1v) is 5.20. The van der Waals surface area contributed by atoms with Crippen LogP contribution in [0.25, 0.3) is 0 Å². The Hall–Kier alpha value is -2.13. The minimum Gasteiger partial charge on any atom is -0.396 e. The van der Waals surface area contributed by atoms with Gasteiger partial charge < -0.3 is 10.0 Å². The highest BCUT2D eigenvalue weighted by Gasteiger charge is 2.28. The first-order chi connectivity index (χ1) is 8.15. The van der Waals surface area contributed by atoms with Gasteiger partial charge in [-0.25, -0.2) is 0 Å². The fraction of sp³-hybridized carbons (Fsp3) is 0.364. The maximum atomic E-state index is 10.6.